The van der Waals surface area contributed by atoms with Gasteiger partial charge >= 0.3 is 6.09 Å². The van der Waals surface area contributed by atoms with Gasteiger partial charge < -0.3 is 30.0 Å². The highest BCUT2D eigenvalue weighted by Crippen LogP contribution is 2.48. The molecule has 0 saturated carbocycles. The van der Waals surface area contributed by atoms with Crippen LogP contribution in [0.25, 0.3) is 31.9 Å². The molecule has 10 nitrogen and oxygen atoms in total. The Hall–Kier alpha value is -5.00. The molecule has 0 spiro atoms. The van der Waals surface area contributed by atoms with Gasteiger partial charge in [-0.15, -0.1) is 22.9 Å². The highest BCUT2D eigenvalue weighted by Gasteiger charge is 2.36. The van der Waals surface area contributed by atoms with Crippen LogP contribution in [0.5, 0.6) is 5.75 Å². The molecule has 7 rings (SSSR count). The lowest BCUT2D eigenvalue weighted by Gasteiger charge is -2.19. The van der Waals surface area contributed by atoms with E-state index in [2.05, 4.69) is 20.6 Å². The van der Waals surface area contributed by atoms with Crippen molar-refractivity contribution in [2.45, 2.75) is 39.2 Å². The molecule has 240 valence electrons. The summed E-state index contributed by atoms with van der Waals surface area (Å²) in [6.07, 6.45) is -0.561. The Kier molecular flexibility index (Phi) is 7.40. The molecule has 5 N–H and O–H groups in total. The van der Waals surface area contributed by atoms with Crippen LogP contribution >= 0.6 is 22.9 Å². The quantitative estimate of drug-likeness (QED) is 0.117. The van der Waals surface area contributed by atoms with E-state index < -0.39 is 11.7 Å². The second-order valence-corrected chi connectivity index (χ2v) is 14.0. The van der Waals surface area contributed by atoms with Gasteiger partial charge in [0.25, 0.3) is 11.8 Å². The Bertz CT molecular complexity index is 2240. The fourth-order valence-electron chi connectivity index (χ4n) is 6.16. The second kappa shape index (κ2) is 11.4. The van der Waals surface area contributed by atoms with Gasteiger partial charge in [0.05, 0.1) is 10.4 Å². The van der Waals surface area contributed by atoms with Crippen molar-refractivity contribution in [1.29, 1.82) is 0 Å². The van der Waals surface area contributed by atoms with Crippen molar-refractivity contribution in [3.8, 4) is 5.75 Å². The summed E-state index contributed by atoms with van der Waals surface area (Å²) in [7, 11) is 0. The molecule has 1 aliphatic rings. The lowest BCUT2D eigenvalue weighted by atomic mass is 9.97. The van der Waals surface area contributed by atoms with Crippen molar-refractivity contribution in [2.24, 2.45) is 0 Å². The molecule has 12 heteroatoms. The molecule has 0 radical (unpaired) electrons. The van der Waals surface area contributed by atoms with E-state index in [4.69, 9.17) is 16.3 Å². The fourth-order valence-corrected chi connectivity index (χ4v) is 7.39. The SMILES string of the molecule is Cc1csc2c(O)cc3c(c12)C(CCl)CN3C(=O)c1cc2cc(NC(=O)c3cc4cc(NC(=O)OC(C)(C)C)ccc4[nH]3)ccc2[nH]1. The average molecular weight is 670 g/mol. The first-order valence-electron chi connectivity index (χ1n) is 15.1. The first-order valence-corrected chi connectivity index (χ1v) is 16.5. The van der Waals surface area contributed by atoms with Crippen molar-refractivity contribution < 1.29 is 24.2 Å². The number of H-pyrrole nitrogens is 2. The summed E-state index contributed by atoms with van der Waals surface area (Å²) in [5.41, 5.74) is 5.40. The van der Waals surface area contributed by atoms with Gasteiger partial charge in [-0.1, -0.05) is 0 Å². The predicted molar refractivity (Wildman–Crippen MR) is 188 cm³/mol. The summed E-state index contributed by atoms with van der Waals surface area (Å²) >= 11 is 7.87. The number of alkyl halides is 1. The normalized spacial score (nSPS) is 14.6. The van der Waals surface area contributed by atoms with Gasteiger partial charge in [-0.3, -0.25) is 14.9 Å². The van der Waals surface area contributed by atoms with Crippen LogP contribution in [0.15, 0.2) is 60.0 Å². The maximum Gasteiger partial charge on any atom is 0.412 e. The number of nitrogens with one attached hydrogen (secondary N) is 4. The molecule has 0 saturated heterocycles. The summed E-state index contributed by atoms with van der Waals surface area (Å²) in [5, 5.41) is 20.9. The second-order valence-electron chi connectivity index (χ2n) is 12.8. The minimum Gasteiger partial charge on any atom is -0.506 e. The third-order valence-corrected chi connectivity index (χ3v) is 9.67. The van der Waals surface area contributed by atoms with E-state index >= 15 is 0 Å². The van der Waals surface area contributed by atoms with E-state index in [0.29, 0.717) is 40.9 Å². The molecule has 47 heavy (non-hydrogen) atoms. The topological polar surface area (TPSA) is 140 Å². The molecule has 3 aromatic heterocycles. The Morgan fingerprint density at radius 2 is 1.62 bits per heavy atom. The standard InChI is InChI=1S/C35H32ClN5O5S/c1-17-16-47-31-28(42)13-27-30(29(17)31)20(14-36)15-41(27)33(44)26-12-19-9-21(5-7-24(19)40-26)37-32(43)25-11-18-10-22(6-8-23(18)39-25)38-34(45)46-35(2,3)4/h5-13,16,20,39-40,42H,14-15H2,1-4H3,(H,37,43)(H,38,45). The van der Waals surface area contributed by atoms with Gasteiger partial charge in [-0.25, -0.2) is 4.79 Å². The number of hydrogen-bond donors (Lipinski definition) is 5. The van der Waals surface area contributed by atoms with Gasteiger partial charge in [0.2, 0.25) is 0 Å². The van der Waals surface area contributed by atoms with Crippen LogP contribution in [-0.2, 0) is 4.74 Å². The molecule has 0 fully saturated rings. The number of rotatable bonds is 5. The maximum absolute atomic E-state index is 13.9. The number of aromatic hydroxyl groups is 1. The number of carbonyl (C=O) groups is 3. The monoisotopic (exact) mass is 669 g/mol. The van der Waals surface area contributed by atoms with Crippen molar-refractivity contribution in [3.63, 3.8) is 0 Å². The van der Waals surface area contributed by atoms with Gasteiger partial charge in [-0.2, -0.15) is 0 Å². The highest BCUT2D eigenvalue weighted by molar-refractivity contribution is 7.17. The van der Waals surface area contributed by atoms with Crippen LogP contribution in [0.4, 0.5) is 21.9 Å². The third-order valence-electron chi connectivity index (χ3n) is 8.18. The molecule has 3 amide bonds. The van der Waals surface area contributed by atoms with Crippen molar-refractivity contribution in [3.05, 3.63) is 82.5 Å². The lowest BCUT2D eigenvalue weighted by molar-refractivity contribution is 0.0635. The number of amides is 3. The fraction of sp³-hybridized carbons (Fsp3) is 0.229. The van der Waals surface area contributed by atoms with Crippen LogP contribution in [-0.4, -0.2) is 51.0 Å². The Morgan fingerprint density at radius 3 is 2.28 bits per heavy atom. The molecule has 1 atom stereocenters. The number of anilines is 3. The zero-order chi connectivity index (χ0) is 33.2. The number of carbonyl (C=O) groups excluding carboxylic acids is 3. The number of fused-ring (bicyclic) bond motifs is 5. The molecule has 6 aromatic rings. The highest BCUT2D eigenvalue weighted by atomic mass is 35.5. The third kappa shape index (κ3) is 5.66. The van der Waals surface area contributed by atoms with Gasteiger partial charge in [0.15, 0.2) is 0 Å². The largest absolute Gasteiger partial charge is 0.506 e. The number of aryl methyl sites for hydroxylation is 1. The summed E-state index contributed by atoms with van der Waals surface area (Å²) in [6, 6.07) is 15.8. The maximum atomic E-state index is 13.9. The van der Waals surface area contributed by atoms with Gasteiger partial charge in [-0.05, 0) is 92.7 Å². The van der Waals surface area contributed by atoms with E-state index in [0.717, 1.165) is 43.0 Å². The zero-order valence-corrected chi connectivity index (χ0v) is 27.7. The van der Waals surface area contributed by atoms with Crippen LogP contribution in [0.2, 0.25) is 0 Å². The van der Waals surface area contributed by atoms with E-state index in [1.807, 2.05) is 18.4 Å². The first kappa shape index (κ1) is 30.6. The number of benzene rings is 3. The minimum atomic E-state index is -0.621. The van der Waals surface area contributed by atoms with Crippen LogP contribution in [0.3, 0.4) is 0 Å². The Labute approximate surface area is 278 Å². The number of halogens is 1. The van der Waals surface area contributed by atoms with E-state index in [9.17, 15) is 19.5 Å². The number of phenols is 1. The number of aromatic amines is 2. The molecule has 1 aliphatic heterocycles. The number of phenolic OH excluding ortho intramolecular Hbond substituents is 1. The molecular formula is C35H32ClN5O5S. The van der Waals surface area contributed by atoms with Crippen LogP contribution < -0.4 is 15.5 Å². The summed E-state index contributed by atoms with van der Waals surface area (Å²) in [6.45, 7) is 7.78. The Balaban J connectivity index is 1.10. The zero-order valence-electron chi connectivity index (χ0n) is 26.1. The molecule has 1 unspecified atom stereocenters. The summed E-state index contributed by atoms with van der Waals surface area (Å²) in [5.74, 6) is -0.136. The van der Waals surface area contributed by atoms with Gasteiger partial charge in [0.1, 0.15) is 22.7 Å². The number of aromatic nitrogens is 2. The minimum absolute atomic E-state index is 0.0596. The smallest absolute Gasteiger partial charge is 0.412 e. The molecule has 0 bridgehead atoms. The van der Waals surface area contributed by atoms with Crippen LogP contribution in [0, 0.1) is 6.92 Å². The summed E-state index contributed by atoms with van der Waals surface area (Å²) < 4.78 is 6.12. The van der Waals surface area contributed by atoms with Crippen LogP contribution in [0.1, 0.15) is 58.8 Å². The number of nitrogens with zero attached hydrogens (tertiary/aromatic N) is 1. The van der Waals surface area contributed by atoms with Crippen molar-refractivity contribution >= 4 is 89.8 Å². The molecule has 0 aliphatic carbocycles. The number of hydrogen-bond acceptors (Lipinski definition) is 6. The molecular weight excluding hydrogens is 638 g/mol. The van der Waals surface area contributed by atoms with E-state index in [1.165, 1.54) is 11.3 Å². The predicted octanol–water partition coefficient (Wildman–Crippen LogP) is 8.46. The molecule has 3 aromatic carbocycles. The molecule has 4 heterocycles. The first-order chi connectivity index (χ1) is 22.4. The van der Waals surface area contributed by atoms with E-state index in [1.54, 1.807) is 74.2 Å². The van der Waals surface area contributed by atoms with Crippen molar-refractivity contribution in [1.82, 2.24) is 9.97 Å². The number of ether oxygens (including phenoxy) is 1. The lowest BCUT2D eigenvalue weighted by Crippen LogP contribution is -2.30. The van der Waals surface area contributed by atoms with Gasteiger partial charge in [0, 0.05) is 63.0 Å². The van der Waals surface area contributed by atoms with Crippen molar-refractivity contribution in [2.75, 3.05) is 28.0 Å². The Morgan fingerprint density at radius 1 is 0.979 bits per heavy atom. The van der Waals surface area contributed by atoms with E-state index in [-0.39, 0.29) is 23.5 Å². The number of thiophene rings is 1. The average Bonchev–Trinajstić information content (AvgIpc) is 3.79. The summed E-state index contributed by atoms with van der Waals surface area (Å²) in [4.78, 5) is 47.2.